The molecule has 136 valence electrons. The van der Waals surface area contributed by atoms with Crippen LogP contribution in [-0.2, 0) is 20.9 Å². The Morgan fingerprint density at radius 1 is 1.44 bits per heavy atom. The van der Waals surface area contributed by atoms with Crippen molar-refractivity contribution in [1.29, 1.82) is 0 Å². The van der Waals surface area contributed by atoms with Crippen LogP contribution in [0.1, 0.15) is 24.8 Å². The zero-order chi connectivity index (χ0) is 17.6. The van der Waals surface area contributed by atoms with Crippen molar-refractivity contribution in [3.8, 4) is 5.75 Å². The second-order valence-electron chi connectivity index (χ2n) is 6.47. The van der Waals surface area contributed by atoms with Gasteiger partial charge in [0, 0.05) is 26.2 Å². The highest BCUT2D eigenvalue weighted by Crippen LogP contribution is 2.20. The van der Waals surface area contributed by atoms with Gasteiger partial charge in [-0.3, -0.25) is 14.5 Å². The summed E-state index contributed by atoms with van der Waals surface area (Å²) in [6, 6.07) is 7.08. The van der Waals surface area contributed by atoms with E-state index in [4.69, 9.17) is 14.6 Å². The maximum atomic E-state index is 12.0. The minimum absolute atomic E-state index is 0.161. The van der Waals surface area contributed by atoms with E-state index in [9.17, 15) is 9.59 Å². The number of carboxylic acid groups (broad SMARTS) is 1. The lowest BCUT2D eigenvalue weighted by Crippen LogP contribution is -2.55. The predicted molar refractivity (Wildman–Crippen MR) is 90.4 cm³/mol. The standard InChI is InChI=1S/C18H24N2O5/c21-17(22)10-16-18(23)19-6-7-20(16)11-13-3-1-4-14(9-13)25-12-15-5-2-8-24-15/h1,3-4,9,15-16H,2,5-8,10-12H2,(H,19,23)(H,21,22). The summed E-state index contributed by atoms with van der Waals surface area (Å²) in [5.74, 6) is -0.427. The highest BCUT2D eigenvalue weighted by molar-refractivity contribution is 5.86. The minimum Gasteiger partial charge on any atom is -0.491 e. The smallest absolute Gasteiger partial charge is 0.305 e. The molecular weight excluding hydrogens is 324 g/mol. The summed E-state index contributed by atoms with van der Waals surface area (Å²) in [7, 11) is 0. The Kier molecular flexibility index (Phi) is 5.88. The van der Waals surface area contributed by atoms with Crippen LogP contribution in [0.5, 0.6) is 5.75 Å². The summed E-state index contributed by atoms with van der Waals surface area (Å²) in [4.78, 5) is 24.9. The van der Waals surface area contributed by atoms with E-state index < -0.39 is 12.0 Å². The molecule has 0 spiro atoms. The average Bonchev–Trinajstić information content (AvgIpc) is 3.10. The van der Waals surface area contributed by atoms with Gasteiger partial charge in [-0.25, -0.2) is 0 Å². The van der Waals surface area contributed by atoms with Gasteiger partial charge in [0.15, 0.2) is 0 Å². The van der Waals surface area contributed by atoms with Crippen molar-refractivity contribution in [2.45, 2.75) is 38.0 Å². The molecule has 2 saturated heterocycles. The third-order valence-electron chi connectivity index (χ3n) is 4.55. The van der Waals surface area contributed by atoms with Crippen LogP contribution in [0, 0.1) is 0 Å². The molecule has 3 rings (SSSR count). The van der Waals surface area contributed by atoms with Crippen LogP contribution in [-0.4, -0.2) is 60.3 Å². The van der Waals surface area contributed by atoms with E-state index in [1.807, 2.05) is 29.2 Å². The van der Waals surface area contributed by atoms with Crippen LogP contribution >= 0.6 is 0 Å². The minimum atomic E-state index is -0.972. The molecule has 2 unspecified atom stereocenters. The SMILES string of the molecule is O=C(O)CC1C(=O)NCCN1Cc1cccc(OCC2CCCO2)c1. The average molecular weight is 348 g/mol. The van der Waals surface area contributed by atoms with Crippen LogP contribution < -0.4 is 10.1 Å². The first-order chi connectivity index (χ1) is 12.1. The molecule has 7 heteroatoms. The van der Waals surface area contributed by atoms with Gasteiger partial charge in [0.2, 0.25) is 5.91 Å². The number of nitrogens with one attached hydrogen (secondary N) is 1. The third-order valence-corrected chi connectivity index (χ3v) is 4.55. The van der Waals surface area contributed by atoms with Crippen LogP contribution in [0.4, 0.5) is 0 Å². The third kappa shape index (κ3) is 4.93. The van der Waals surface area contributed by atoms with Crippen molar-refractivity contribution in [3.05, 3.63) is 29.8 Å². The molecule has 2 fully saturated rings. The molecule has 2 aliphatic heterocycles. The Hall–Kier alpha value is -2.12. The zero-order valence-corrected chi connectivity index (χ0v) is 14.1. The topological polar surface area (TPSA) is 88.1 Å². The van der Waals surface area contributed by atoms with Gasteiger partial charge in [0.25, 0.3) is 0 Å². The number of amides is 1. The first-order valence-electron chi connectivity index (χ1n) is 8.69. The van der Waals surface area contributed by atoms with Crippen molar-refractivity contribution in [2.75, 3.05) is 26.3 Å². The Morgan fingerprint density at radius 3 is 3.08 bits per heavy atom. The molecule has 0 bridgehead atoms. The molecule has 2 N–H and O–H groups in total. The van der Waals surface area contributed by atoms with E-state index >= 15 is 0 Å². The van der Waals surface area contributed by atoms with E-state index in [0.29, 0.717) is 26.2 Å². The second kappa shape index (κ2) is 8.31. The maximum absolute atomic E-state index is 12.0. The van der Waals surface area contributed by atoms with E-state index in [1.165, 1.54) is 0 Å². The van der Waals surface area contributed by atoms with Crippen molar-refractivity contribution in [3.63, 3.8) is 0 Å². The van der Waals surface area contributed by atoms with Crippen molar-refractivity contribution >= 4 is 11.9 Å². The quantitative estimate of drug-likeness (QED) is 0.765. The van der Waals surface area contributed by atoms with Crippen molar-refractivity contribution in [2.24, 2.45) is 0 Å². The van der Waals surface area contributed by atoms with Gasteiger partial charge in [-0.05, 0) is 30.5 Å². The van der Waals surface area contributed by atoms with E-state index in [-0.39, 0.29) is 18.4 Å². The molecule has 1 aromatic rings. The number of carbonyl (C=O) groups excluding carboxylic acids is 1. The molecule has 7 nitrogen and oxygen atoms in total. The number of piperazine rings is 1. The highest BCUT2D eigenvalue weighted by atomic mass is 16.5. The molecular formula is C18H24N2O5. The highest BCUT2D eigenvalue weighted by Gasteiger charge is 2.31. The largest absolute Gasteiger partial charge is 0.491 e. The van der Waals surface area contributed by atoms with Crippen LogP contribution in [0.25, 0.3) is 0 Å². The number of hydrogen-bond donors (Lipinski definition) is 2. The molecule has 1 aromatic carbocycles. The first kappa shape index (κ1) is 17.7. The monoisotopic (exact) mass is 348 g/mol. The van der Waals surface area contributed by atoms with Gasteiger partial charge >= 0.3 is 5.97 Å². The summed E-state index contributed by atoms with van der Waals surface area (Å²) < 4.78 is 11.4. The van der Waals surface area contributed by atoms with E-state index in [0.717, 1.165) is 30.8 Å². The summed E-state index contributed by atoms with van der Waals surface area (Å²) in [5, 5.41) is 11.8. The van der Waals surface area contributed by atoms with Gasteiger partial charge < -0.3 is 19.9 Å². The fourth-order valence-corrected chi connectivity index (χ4v) is 3.27. The lowest BCUT2D eigenvalue weighted by Gasteiger charge is -2.34. The number of benzene rings is 1. The number of nitrogens with zero attached hydrogens (tertiary/aromatic N) is 1. The summed E-state index contributed by atoms with van der Waals surface area (Å²) in [5.41, 5.74) is 0.995. The number of rotatable bonds is 7. The Morgan fingerprint density at radius 2 is 2.32 bits per heavy atom. The predicted octanol–water partition coefficient (Wildman–Crippen LogP) is 1.02. The molecule has 0 radical (unpaired) electrons. The molecule has 25 heavy (non-hydrogen) atoms. The number of aliphatic carboxylic acids is 1. The second-order valence-corrected chi connectivity index (χ2v) is 6.47. The lowest BCUT2D eigenvalue weighted by molar-refractivity contribution is -0.143. The maximum Gasteiger partial charge on any atom is 0.305 e. The first-order valence-corrected chi connectivity index (χ1v) is 8.69. The number of ether oxygens (including phenoxy) is 2. The molecule has 0 aliphatic carbocycles. The fraction of sp³-hybridized carbons (Fsp3) is 0.556. The summed E-state index contributed by atoms with van der Waals surface area (Å²) in [6.45, 7) is 3.02. The van der Waals surface area contributed by atoms with Gasteiger partial charge in [-0.2, -0.15) is 0 Å². The number of carbonyl (C=O) groups is 2. The van der Waals surface area contributed by atoms with Crippen molar-refractivity contribution < 1.29 is 24.2 Å². The molecule has 2 heterocycles. The van der Waals surface area contributed by atoms with Gasteiger partial charge in [0.05, 0.1) is 12.5 Å². The lowest BCUT2D eigenvalue weighted by atomic mass is 10.1. The van der Waals surface area contributed by atoms with Crippen LogP contribution in [0.3, 0.4) is 0 Å². The molecule has 0 aromatic heterocycles. The summed E-state index contributed by atoms with van der Waals surface area (Å²) in [6.07, 6.45) is 2.07. The van der Waals surface area contributed by atoms with Crippen LogP contribution in [0.2, 0.25) is 0 Å². The molecule has 1 amide bonds. The Bertz CT molecular complexity index is 615. The van der Waals surface area contributed by atoms with Crippen molar-refractivity contribution in [1.82, 2.24) is 10.2 Å². The number of hydrogen-bond acceptors (Lipinski definition) is 5. The molecule has 2 atom stereocenters. The van der Waals surface area contributed by atoms with E-state index in [1.54, 1.807) is 0 Å². The Labute approximate surface area is 146 Å². The van der Waals surface area contributed by atoms with Gasteiger partial charge in [-0.1, -0.05) is 12.1 Å². The number of carboxylic acids is 1. The van der Waals surface area contributed by atoms with Gasteiger partial charge in [-0.15, -0.1) is 0 Å². The Balaban J connectivity index is 1.61. The summed E-state index contributed by atoms with van der Waals surface area (Å²) >= 11 is 0. The fourth-order valence-electron chi connectivity index (χ4n) is 3.27. The zero-order valence-electron chi connectivity index (χ0n) is 14.1. The van der Waals surface area contributed by atoms with Crippen LogP contribution in [0.15, 0.2) is 24.3 Å². The molecule has 0 saturated carbocycles. The van der Waals surface area contributed by atoms with E-state index in [2.05, 4.69) is 5.32 Å². The molecule has 2 aliphatic rings. The normalized spacial score (nSPS) is 24.1. The van der Waals surface area contributed by atoms with Gasteiger partial charge in [0.1, 0.15) is 18.4 Å².